The summed E-state index contributed by atoms with van der Waals surface area (Å²) in [6.07, 6.45) is 0. The molecule has 1 aromatic rings. The van der Waals surface area contributed by atoms with Gasteiger partial charge in [0.15, 0.2) is 0 Å². The van der Waals surface area contributed by atoms with E-state index in [9.17, 15) is 0 Å². The molecule has 0 aliphatic rings. The average molecular weight is 257 g/mol. The minimum atomic E-state index is 0.814. The van der Waals surface area contributed by atoms with Crippen molar-refractivity contribution in [1.82, 2.24) is 4.90 Å². The molecule has 0 aliphatic heterocycles. The fourth-order valence-corrected chi connectivity index (χ4v) is 1.80. The first-order valence-electron chi connectivity index (χ1n) is 4.94. The summed E-state index contributed by atoms with van der Waals surface area (Å²) < 4.78 is 1.03. The Morgan fingerprint density at radius 1 is 1.29 bits per heavy atom. The summed E-state index contributed by atoms with van der Waals surface area (Å²) in [4.78, 5) is 2.36. The Morgan fingerprint density at radius 3 is 2.50 bits per heavy atom. The van der Waals surface area contributed by atoms with E-state index in [-0.39, 0.29) is 0 Å². The van der Waals surface area contributed by atoms with Gasteiger partial charge >= 0.3 is 0 Å². The van der Waals surface area contributed by atoms with Gasteiger partial charge in [-0.3, -0.25) is 4.90 Å². The summed E-state index contributed by atoms with van der Waals surface area (Å²) in [6.45, 7) is 7.43. The molecule has 1 rings (SSSR count). The molecule has 0 heterocycles. The van der Waals surface area contributed by atoms with Gasteiger partial charge in [-0.2, -0.15) is 0 Å². The molecule has 0 aromatic heterocycles. The third-order valence-corrected chi connectivity index (χ3v) is 3.36. The molecule has 0 bridgehead atoms. The Morgan fingerprint density at radius 2 is 1.93 bits per heavy atom. The zero-order valence-corrected chi connectivity index (χ0v) is 10.3. The van der Waals surface area contributed by atoms with Crippen LogP contribution >= 0.6 is 15.9 Å². The predicted octanol–water partition coefficient (Wildman–Crippen LogP) is 2.87. The molecule has 0 radical (unpaired) electrons. The van der Waals surface area contributed by atoms with Gasteiger partial charge in [-0.1, -0.05) is 26.0 Å². The highest BCUT2D eigenvalue weighted by Crippen LogP contribution is 2.24. The van der Waals surface area contributed by atoms with Crippen LogP contribution in [0.25, 0.3) is 0 Å². The van der Waals surface area contributed by atoms with Gasteiger partial charge in [-0.05, 0) is 40.6 Å². The van der Waals surface area contributed by atoms with Crippen molar-refractivity contribution >= 4 is 21.6 Å². The molecule has 2 N–H and O–H groups in total. The molecule has 78 valence electrons. The van der Waals surface area contributed by atoms with Gasteiger partial charge in [0.05, 0.1) is 0 Å². The Bertz CT molecular complexity index is 295. The van der Waals surface area contributed by atoms with E-state index in [1.807, 2.05) is 12.1 Å². The minimum Gasteiger partial charge on any atom is -0.398 e. The third-order valence-electron chi connectivity index (χ3n) is 2.40. The van der Waals surface area contributed by atoms with E-state index in [1.165, 1.54) is 5.56 Å². The number of nitrogen functional groups attached to an aromatic ring is 1. The molecule has 0 amide bonds. The van der Waals surface area contributed by atoms with Gasteiger partial charge in [0.1, 0.15) is 0 Å². The van der Waals surface area contributed by atoms with Gasteiger partial charge in [-0.25, -0.2) is 0 Å². The van der Waals surface area contributed by atoms with Crippen LogP contribution in [-0.2, 0) is 6.54 Å². The molecule has 1 aromatic carbocycles. The van der Waals surface area contributed by atoms with Gasteiger partial charge in [0, 0.05) is 16.7 Å². The maximum absolute atomic E-state index is 5.81. The van der Waals surface area contributed by atoms with E-state index in [0.29, 0.717) is 0 Å². The normalized spacial score (nSPS) is 10.9. The monoisotopic (exact) mass is 256 g/mol. The van der Waals surface area contributed by atoms with Gasteiger partial charge in [0.2, 0.25) is 0 Å². The molecule has 14 heavy (non-hydrogen) atoms. The van der Waals surface area contributed by atoms with E-state index in [4.69, 9.17) is 5.73 Å². The lowest BCUT2D eigenvalue weighted by atomic mass is 10.2. The smallest absolute Gasteiger partial charge is 0.0461 e. The van der Waals surface area contributed by atoms with E-state index in [2.05, 4.69) is 40.7 Å². The van der Waals surface area contributed by atoms with Crippen LogP contribution in [0.3, 0.4) is 0 Å². The Labute approximate surface area is 94.2 Å². The lowest BCUT2D eigenvalue weighted by Gasteiger charge is -2.19. The van der Waals surface area contributed by atoms with Crippen molar-refractivity contribution in [3.8, 4) is 0 Å². The van der Waals surface area contributed by atoms with Crippen molar-refractivity contribution < 1.29 is 0 Å². The van der Waals surface area contributed by atoms with Crippen LogP contribution in [0.15, 0.2) is 22.7 Å². The largest absolute Gasteiger partial charge is 0.398 e. The molecular weight excluding hydrogens is 240 g/mol. The average Bonchev–Trinajstić information content (AvgIpc) is 2.20. The van der Waals surface area contributed by atoms with Gasteiger partial charge in [0.25, 0.3) is 0 Å². The van der Waals surface area contributed by atoms with Crippen LogP contribution in [-0.4, -0.2) is 18.0 Å². The first kappa shape index (κ1) is 11.5. The zero-order valence-electron chi connectivity index (χ0n) is 8.76. The van der Waals surface area contributed by atoms with E-state index in [1.54, 1.807) is 0 Å². The first-order valence-corrected chi connectivity index (χ1v) is 5.73. The molecule has 0 atom stereocenters. The van der Waals surface area contributed by atoms with Crippen LogP contribution in [0.1, 0.15) is 19.4 Å². The van der Waals surface area contributed by atoms with Crippen molar-refractivity contribution in [3.05, 3.63) is 28.2 Å². The molecule has 0 unspecified atom stereocenters. The first-order chi connectivity index (χ1) is 6.69. The Balaban J connectivity index is 2.80. The number of hydrogen-bond donors (Lipinski definition) is 1. The molecule has 0 saturated carbocycles. The van der Waals surface area contributed by atoms with Crippen molar-refractivity contribution in [3.63, 3.8) is 0 Å². The quantitative estimate of drug-likeness (QED) is 0.840. The number of nitrogens with two attached hydrogens (primary N) is 1. The fourth-order valence-electron chi connectivity index (χ4n) is 1.41. The SMILES string of the molecule is CCN(CC)Cc1cccc(N)c1Br. The lowest BCUT2D eigenvalue weighted by Crippen LogP contribution is -2.22. The number of halogens is 1. The second-order valence-corrected chi connectivity index (χ2v) is 4.07. The van der Waals surface area contributed by atoms with Crippen molar-refractivity contribution in [1.29, 1.82) is 0 Å². The number of hydrogen-bond acceptors (Lipinski definition) is 2. The van der Waals surface area contributed by atoms with Crippen molar-refractivity contribution in [2.24, 2.45) is 0 Å². The molecule has 0 spiro atoms. The van der Waals surface area contributed by atoms with Crippen LogP contribution in [0.2, 0.25) is 0 Å². The van der Waals surface area contributed by atoms with Crippen molar-refractivity contribution in [2.75, 3.05) is 18.8 Å². The highest BCUT2D eigenvalue weighted by atomic mass is 79.9. The number of rotatable bonds is 4. The highest BCUT2D eigenvalue weighted by Gasteiger charge is 2.06. The summed E-state index contributed by atoms with van der Waals surface area (Å²) in [5.74, 6) is 0. The van der Waals surface area contributed by atoms with Crippen LogP contribution < -0.4 is 5.73 Å². The number of anilines is 1. The molecule has 2 nitrogen and oxygen atoms in total. The Hall–Kier alpha value is -0.540. The van der Waals surface area contributed by atoms with Gasteiger partial charge in [-0.15, -0.1) is 0 Å². The molecule has 0 fully saturated rings. The minimum absolute atomic E-state index is 0.814. The molecule has 0 aliphatic carbocycles. The van der Waals surface area contributed by atoms with Crippen LogP contribution in [0.4, 0.5) is 5.69 Å². The maximum Gasteiger partial charge on any atom is 0.0461 e. The summed E-state index contributed by atoms with van der Waals surface area (Å²) in [5, 5.41) is 0. The second-order valence-electron chi connectivity index (χ2n) is 3.28. The number of benzene rings is 1. The van der Waals surface area contributed by atoms with E-state index < -0.39 is 0 Å². The lowest BCUT2D eigenvalue weighted by molar-refractivity contribution is 0.295. The summed E-state index contributed by atoms with van der Waals surface area (Å²) >= 11 is 3.52. The van der Waals surface area contributed by atoms with Crippen LogP contribution in [0, 0.1) is 0 Å². The van der Waals surface area contributed by atoms with E-state index in [0.717, 1.165) is 29.8 Å². The summed E-state index contributed by atoms with van der Waals surface area (Å²) in [5.41, 5.74) is 7.89. The van der Waals surface area contributed by atoms with Crippen molar-refractivity contribution in [2.45, 2.75) is 20.4 Å². The summed E-state index contributed by atoms with van der Waals surface area (Å²) in [7, 11) is 0. The fraction of sp³-hybridized carbons (Fsp3) is 0.455. The highest BCUT2D eigenvalue weighted by molar-refractivity contribution is 9.10. The van der Waals surface area contributed by atoms with Crippen LogP contribution in [0.5, 0.6) is 0 Å². The number of nitrogens with zero attached hydrogens (tertiary/aromatic N) is 1. The molecule has 0 saturated heterocycles. The topological polar surface area (TPSA) is 29.3 Å². The molecular formula is C11H17BrN2. The molecule has 3 heteroatoms. The predicted molar refractivity (Wildman–Crippen MR) is 65.2 cm³/mol. The summed E-state index contributed by atoms with van der Waals surface area (Å²) in [6, 6.07) is 6.02. The third kappa shape index (κ3) is 2.72. The maximum atomic E-state index is 5.81. The zero-order chi connectivity index (χ0) is 10.6. The standard InChI is InChI=1S/C11H17BrN2/c1-3-14(4-2)8-9-6-5-7-10(13)11(9)12/h5-7H,3-4,8,13H2,1-2H3. The Kier molecular flexibility index (Phi) is 4.42. The van der Waals surface area contributed by atoms with Gasteiger partial charge < -0.3 is 5.73 Å². The second kappa shape index (κ2) is 5.37. The van der Waals surface area contributed by atoms with E-state index >= 15 is 0 Å².